The van der Waals surface area contributed by atoms with Crippen LogP contribution in [0.15, 0.2) is 6.07 Å². The van der Waals surface area contributed by atoms with Gasteiger partial charge in [-0.05, 0) is 22.6 Å². The Morgan fingerprint density at radius 2 is 2.11 bits per heavy atom. The van der Waals surface area contributed by atoms with Gasteiger partial charge in [-0.1, -0.05) is 0 Å². The Hall–Kier alpha value is -1.66. The molecule has 7 nitrogen and oxygen atoms in total. The fraction of sp³-hybridized carbons (Fsp3) is 0.250. The van der Waals surface area contributed by atoms with Crippen LogP contribution in [0.1, 0.15) is 10.5 Å². The lowest BCUT2D eigenvalue weighted by Gasteiger charge is -2.09. The molecule has 0 N–H and O–H groups in total. The number of aromatic nitrogens is 1. The minimum Gasteiger partial charge on any atom is -0.464 e. The fourth-order valence-electron chi connectivity index (χ4n) is 1.03. The molecule has 0 radical (unpaired) electrons. The van der Waals surface area contributed by atoms with Gasteiger partial charge in [0.1, 0.15) is 3.57 Å². The molecular weight excluding hydrogens is 388 g/mol. The Kier molecular flexibility index (Phi) is 4.49. The summed E-state index contributed by atoms with van der Waals surface area (Å²) in [7, 11) is 0.962. The van der Waals surface area contributed by atoms with Crippen molar-refractivity contribution in [3.05, 3.63) is 25.4 Å². The first-order valence-electron chi connectivity index (χ1n) is 4.34. The number of carbonyl (C=O) groups is 1. The quantitative estimate of drug-likeness (QED) is 0.339. The second-order valence-electron chi connectivity index (χ2n) is 2.94. The van der Waals surface area contributed by atoms with Crippen LogP contribution in [0.4, 0.5) is 18.9 Å². The summed E-state index contributed by atoms with van der Waals surface area (Å²) in [5.74, 6) is -2.22. The van der Waals surface area contributed by atoms with Gasteiger partial charge in [-0.15, -0.1) is 13.2 Å². The number of pyridine rings is 1. The van der Waals surface area contributed by atoms with E-state index in [0.29, 0.717) is 6.07 Å². The lowest BCUT2D eigenvalue weighted by Crippen LogP contribution is -2.19. The molecule has 0 aliphatic heterocycles. The van der Waals surface area contributed by atoms with Gasteiger partial charge in [0, 0.05) is 0 Å². The standard InChI is InChI=1S/C8H4F3IN2O5/c1-18-7(15)6-5(12)3(14(16)17)2-4(13-6)19-8(9,10)11/h2H,1H3. The van der Waals surface area contributed by atoms with Crippen molar-refractivity contribution in [1.29, 1.82) is 0 Å². The highest BCUT2D eigenvalue weighted by molar-refractivity contribution is 14.1. The van der Waals surface area contributed by atoms with Crippen molar-refractivity contribution in [3.63, 3.8) is 0 Å². The van der Waals surface area contributed by atoms with Crippen LogP contribution in [0.3, 0.4) is 0 Å². The lowest BCUT2D eigenvalue weighted by atomic mass is 10.3. The minimum absolute atomic E-state index is 0.246. The summed E-state index contributed by atoms with van der Waals surface area (Å²) in [6.07, 6.45) is -5.08. The van der Waals surface area contributed by atoms with E-state index in [-0.39, 0.29) is 3.57 Å². The Morgan fingerprint density at radius 3 is 2.53 bits per heavy atom. The first-order valence-corrected chi connectivity index (χ1v) is 5.42. The van der Waals surface area contributed by atoms with Crippen molar-refractivity contribution in [1.82, 2.24) is 4.98 Å². The zero-order valence-electron chi connectivity index (χ0n) is 9.02. The highest BCUT2D eigenvalue weighted by atomic mass is 127. The van der Waals surface area contributed by atoms with E-state index in [4.69, 9.17) is 0 Å². The minimum atomic E-state index is -5.08. The van der Waals surface area contributed by atoms with Crippen LogP contribution in [0.25, 0.3) is 0 Å². The predicted molar refractivity (Wildman–Crippen MR) is 61.6 cm³/mol. The number of halogens is 4. The molecule has 0 aromatic carbocycles. The predicted octanol–water partition coefficient (Wildman–Crippen LogP) is 2.28. The Balaban J connectivity index is 3.39. The van der Waals surface area contributed by atoms with Crippen LogP contribution in [-0.2, 0) is 4.74 Å². The van der Waals surface area contributed by atoms with Crippen molar-refractivity contribution in [2.75, 3.05) is 7.11 Å². The second kappa shape index (κ2) is 5.54. The van der Waals surface area contributed by atoms with Crippen LogP contribution in [0, 0.1) is 13.7 Å². The summed E-state index contributed by atoms with van der Waals surface area (Å²) >= 11 is 1.41. The number of rotatable bonds is 3. The van der Waals surface area contributed by atoms with Crippen LogP contribution in [0.2, 0.25) is 0 Å². The molecule has 0 bridgehead atoms. The molecule has 0 aliphatic rings. The number of ether oxygens (including phenoxy) is 2. The molecule has 104 valence electrons. The number of alkyl halides is 3. The number of methoxy groups -OCH3 is 1. The van der Waals surface area contributed by atoms with Crippen molar-refractivity contribution < 1.29 is 32.4 Å². The Morgan fingerprint density at radius 1 is 1.53 bits per heavy atom. The highest BCUT2D eigenvalue weighted by Gasteiger charge is 2.34. The summed E-state index contributed by atoms with van der Waals surface area (Å²) in [6.45, 7) is 0. The number of carbonyl (C=O) groups excluding carboxylic acids is 1. The van der Waals surface area contributed by atoms with Crippen molar-refractivity contribution in [2.24, 2.45) is 0 Å². The lowest BCUT2D eigenvalue weighted by molar-refractivity contribution is -0.386. The van der Waals surface area contributed by atoms with Gasteiger partial charge in [-0.2, -0.15) is 0 Å². The van der Waals surface area contributed by atoms with E-state index in [2.05, 4.69) is 14.5 Å². The SMILES string of the molecule is COC(=O)c1nc(OC(F)(F)F)cc([N+](=O)[O-])c1I. The highest BCUT2D eigenvalue weighted by Crippen LogP contribution is 2.30. The maximum Gasteiger partial charge on any atom is 0.574 e. The molecule has 11 heteroatoms. The van der Waals surface area contributed by atoms with Gasteiger partial charge in [0.25, 0.3) is 5.69 Å². The van der Waals surface area contributed by atoms with Crippen molar-refractivity contribution in [3.8, 4) is 5.88 Å². The van der Waals surface area contributed by atoms with E-state index >= 15 is 0 Å². The van der Waals surface area contributed by atoms with E-state index in [1.165, 1.54) is 22.6 Å². The molecule has 0 amide bonds. The van der Waals surface area contributed by atoms with Gasteiger partial charge in [-0.3, -0.25) is 10.1 Å². The fourth-order valence-corrected chi connectivity index (χ4v) is 1.72. The van der Waals surface area contributed by atoms with E-state index < -0.39 is 34.5 Å². The summed E-state index contributed by atoms with van der Waals surface area (Å²) in [5, 5.41) is 10.7. The average Bonchev–Trinajstić information content (AvgIpc) is 2.27. The summed E-state index contributed by atoms with van der Waals surface area (Å²) in [6, 6.07) is 0.474. The molecule has 1 aromatic heterocycles. The van der Waals surface area contributed by atoms with Gasteiger partial charge in [0.05, 0.1) is 18.1 Å². The van der Waals surface area contributed by atoms with E-state index in [1.807, 2.05) is 0 Å². The van der Waals surface area contributed by atoms with Gasteiger partial charge in [-0.25, -0.2) is 9.78 Å². The van der Waals surface area contributed by atoms with Crippen LogP contribution >= 0.6 is 22.6 Å². The van der Waals surface area contributed by atoms with E-state index in [0.717, 1.165) is 7.11 Å². The molecular formula is C8H4F3IN2O5. The summed E-state index contributed by atoms with van der Waals surface area (Å²) in [4.78, 5) is 24.2. The van der Waals surface area contributed by atoms with E-state index in [9.17, 15) is 28.1 Å². The first-order chi connectivity index (χ1) is 8.65. The third kappa shape index (κ3) is 3.90. The average molecular weight is 392 g/mol. The molecule has 19 heavy (non-hydrogen) atoms. The van der Waals surface area contributed by atoms with Gasteiger partial charge in [0.2, 0.25) is 5.88 Å². The third-order valence-electron chi connectivity index (χ3n) is 1.71. The third-order valence-corrected chi connectivity index (χ3v) is 2.77. The van der Waals surface area contributed by atoms with Gasteiger partial charge in [0.15, 0.2) is 5.69 Å². The largest absolute Gasteiger partial charge is 0.574 e. The normalized spacial score (nSPS) is 11.0. The molecule has 0 unspecified atom stereocenters. The first kappa shape index (κ1) is 15.4. The number of hydrogen-bond donors (Lipinski definition) is 0. The molecule has 1 heterocycles. The number of nitro groups is 1. The monoisotopic (exact) mass is 392 g/mol. The number of esters is 1. The van der Waals surface area contributed by atoms with Crippen LogP contribution in [-0.4, -0.2) is 29.3 Å². The maximum atomic E-state index is 12.0. The Bertz CT molecular complexity index is 534. The molecule has 0 saturated carbocycles. The van der Waals surface area contributed by atoms with Gasteiger partial charge < -0.3 is 9.47 Å². The zero-order chi connectivity index (χ0) is 14.8. The zero-order valence-corrected chi connectivity index (χ0v) is 11.2. The molecule has 0 aliphatic carbocycles. The number of hydrogen-bond acceptors (Lipinski definition) is 6. The van der Waals surface area contributed by atoms with Crippen molar-refractivity contribution >= 4 is 34.2 Å². The van der Waals surface area contributed by atoms with Crippen LogP contribution < -0.4 is 4.74 Å². The molecule has 0 atom stereocenters. The number of nitrogens with zero attached hydrogens (tertiary/aromatic N) is 2. The topological polar surface area (TPSA) is 91.6 Å². The second-order valence-corrected chi connectivity index (χ2v) is 4.02. The molecule has 1 rings (SSSR count). The van der Waals surface area contributed by atoms with Crippen LogP contribution in [0.5, 0.6) is 5.88 Å². The molecule has 0 saturated heterocycles. The van der Waals surface area contributed by atoms with Gasteiger partial charge >= 0.3 is 12.3 Å². The summed E-state index contributed by atoms with van der Waals surface area (Å²) in [5.41, 5.74) is -1.37. The smallest absolute Gasteiger partial charge is 0.464 e. The molecule has 0 fully saturated rings. The molecule has 0 spiro atoms. The molecule has 1 aromatic rings. The summed E-state index contributed by atoms with van der Waals surface area (Å²) < 4.78 is 43.6. The Labute approximate surface area is 117 Å². The van der Waals surface area contributed by atoms with Crippen molar-refractivity contribution in [2.45, 2.75) is 6.36 Å². The van der Waals surface area contributed by atoms with E-state index in [1.54, 1.807) is 0 Å². The maximum absolute atomic E-state index is 12.0.